The second kappa shape index (κ2) is 10.4. The molecule has 104 valence electrons. The van der Waals surface area contributed by atoms with E-state index in [0.29, 0.717) is 5.92 Å². The molecule has 0 amide bonds. The van der Waals surface area contributed by atoms with Crippen molar-refractivity contribution >= 4 is 6.16 Å². The number of methoxy groups -OCH3 is 1. The molecular weight excluding hydrogens is 218 g/mol. The van der Waals surface area contributed by atoms with E-state index in [2.05, 4.69) is 32.4 Å². The summed E-state index contributed by atoms with van der Waals surface area (Å²) >= 11 is 0. The first kappa shape index (κ1) is 18.6. The summed E-state index contributed by atoms with van der Waals surface area (Å²) in [7, 11) is 1.10. The third kappa shape index (κ3) is 15.2. The predicted octanol–water partition coefficient (Wildman–Crippen LogP) is 3.64. The molecule has 0 saturated heterocycles. The van der Waals surface area contributed by atoms with Crippen molar-refractivity contribution in [1.29, 1.82) is 0 Å². The zero-order valence-electron chi connectivity index (χ0n) is 12.0. The van der Waals surface area contributed by atoms with E-state index >= 15 is 0 Å². The van der Waals surface area contributed by atoms with Crippen LogP contribution in [0.4, 0.5) is 4.79 Å². The van der Waals surface area contributed by atoms with Gasteiger partial charge in [-0.2, -0.15) is 0 Å². The third-order valence-corrected chi connectivity index (χ3v) is 2.94. The van der Waals surface area contributed by atoms with Crippen LogP contribution in [0.15, 0.2) is 0 Å². The van der Waals surface area contributed by atoms with E-state index in [1.54, 1.807) is 0 Å². The zero-order chi connectivity index (χ0) is 13.9. The van der Waals surface area contributed by atoms with Crippen LogP contribution in [0.5, 0.6) is 0 Å². The quantitative estimate of drug-likeness (QED) is 0.555. The molecule has 17 heavy (non-hydrogen) atoms. The van der Waals surface area contributed by atoms with Gasteiger partial charge in [-0.05, 0) is 26.2 Å². The molecule has 1 atom stereocenters. The lowest BCUT2D eigenvalue weighted by Crippen LogP contribution is -2.39. The highest BCUT2D eigenvalue weighted by Gasteiger charge is 2.19. The second-order valence-electron chi connectivity index (χ2n) is 5.04. The SMILES string of the molecule is CCCCCCC(C)C(C)(C)N.COC(=O)O. The van der Waals surface area contributed by atoms with Gasteiger partial charge in [-0.15, -0.1) is 0 Å². The molecule has 0 saturated carbocycles. The number of carbonyl (C=O) groups is 1. The molecule has 1 unspecified atom stereocenters. The van der Waals surface area contributed by atoms with Gasteiger partial charge in [-0.1, -0.05) is 39.5 Å². The van der Waals surface area contributed by atoms with Gasteiger partial charge in [0.1, 0.15) is 0 Å². The van der Waals surface area contributed by atoms with Gasteiger partial charge in [0.25, 0.3) is 0 Å². The average molecular weight is 247 g/mol. The number of ether oxygens (including phenoxy) is 1. The first-order chi connectivity index (χ1) is 7.75. The summed E-state index contributed by atoms with van der Waals surface area (Å²) < 4.78 is 3.67. The van der Waals surface area contributed by atoms with E-state index in [-0.39, 0.29) is 5.54 Å². The average Bonchev–Trinajstić information content (AvgIpc) is 2.23. The Labute approximate surface area is 106 Å². The second-order valence-corrected chi connectivity index (χ2v) is 5.04. The first-order valence-electron chi connectivity index (χ1n) is 6.31. The van der Waals surface area contributed by atoms with E-state index in [0.717, 1.165) is 7.11 Å². The van der Waals surface area contributed by atoms with Gasteiger partial charge in [-0.3, -0.25) is 0 Å². The van der Waals surface area contributed by atoms with Crippen LogP contribution in [0.2, 0.25) is 0 Å². The van der Waals surface area contributed by atoms with Crippen LogP contribution < -0.4 is 5.73 Å². The normalized spacial score (nSPS) is 12.4. The Bertz CT molecular complexity index is 188. The topological polar surface area (TPSA) is 72.5 Å². The molecule has 0 fully saturated rings. The highest BCUT2D eigenvalue weighted by atomic mass is 16.6. The maximum atomic E-state index is 9.15. The highest BCUT2D eigenvalue weighted by molar-refractivity contribution is 5.56. The molecule has 4 nitrogen and oxygen atoms in total. The number of rotatable bonds is 6. The largest absolute Gasteiger partial charge is 0.505 e. The number of hydrogen-bond donors (Lipinski definition) is 2. The fourth-order valence-electron chi connectivity index (χ4n) is 1.25. The van der Waals surface area contributed by atoms with Crippen LogP contribution in [0, 0.1) is 5.92 Å². The molecule has 0 heterocycles. The molecule has 0 aromatic rings. The first-order valence-corrected chi connectivity index (χ1v) is 6.31. The summed E-state index contributed by atoms with van der Waals surface area (Å²) in [5, 5.41) is 7.50. The summed E-state index contributed by atoms with van der Waals surface area (Å²) in [6, 6.07) is 0. The lowest BCUT2D eigenvalue weighted by molar-refractivity contribution is 0.114. The van der Waals surface area contributed by atoms with Gasteiger partial charge in [0.15, 0.2) is 0 Å². The minimum absolute atomic E-state index is 0.00617. The monoisotopic (exact) mass is 247 g/mol. The summed E-state index contributed by atoms with van der Waals surface area (Å²) in [5.74, 6) is 0.648. The van der Waals surface area contributed by atoms with Gasteiger partial charge in [0.2, 0.25) is 0 Å². The van der Waals surface area contributed by atoms with Crippen LogP contribution in [0.3, 0.4) is 0 Å². The molecule has 0 aromatic carbocycles. The number of hydrogen-bond acceptors (Lipinski definition) is 3. The van der Waals surface area contributed by atoms with Gasteiger partial charge in [0.05, 0.1) is 7.11 Å². The van der Waals surface area contributed by atoms with Crippen molar-refractivity contribution in [2.45, 2.75) is 65.3 Å². The minimum atomic E-state index is -1.25. The van der Waals surface area contributed by atoms with Gasteiger partial charge >= 0.3 is 6.16 Å². The van der Waals surface area contributed by atoms with E-state index < -0.39 is 6.16 Å². The summed E-state index contributed by atoms with van der Waals surface area (Å²) in [6.45, 7) is 8.75. The predicted molar refractivity (Wildman–Crippen MR) is 71.2 cm³/mol. The van der Waals surface area contributed by atoms with Crippen LogP contribution >= 0.6 is 0 Å². The van der Waals surface area contributed by atoms with Gasteiger partial charge < -0.3 is 15.6 Å². The summed E-state index contributed by atoms with van der Waals surface area (Å²) in [6.07, 6.45) is 5.44. The minimum Gasteiger partial charge on any atom is -0.450 e. The number of nitrogens with two attached hydrogens (primary N) is 1. The summed E-state index contributed by atoms with van der Waals surface area (Å²) in [5.41, 5.74) is 6.00. The molecule has 0 spiro atoms. The Balaban J connectivity index is 0. The maximum Gasteiger partial charge on any atom is 0.505 e. The molecule has 4 heteroatoms. The Morgan fingerprint density at radius 2 is 1.82 bits per heavy atom. The van der Waals surface area contributed by atoms with Crippen molar-refractivity contribution in [2.24, 2.45) is 11.7 Å². The van der Waals surface area contributed by atoms with Crippen molar-refractivity contribution in [3.63, 3.8) is 0 Å². The Hall–Kier alpha value is -0.770. The van der Waals surface area contributed by atoms with Crippen LogP contribution in [-0.2, 0) is 4.74 Å². The van der Waals surface area contributed by atoms with Gasteiger partial charge in [-0.25, -0.2) is 4.79 Å². The molecule has 0 rings (SSSR count). The van der Waals surface area contributed by atoms with Crippen molar-refractivity contribution < 1.29 is 14.6 Å². The van der Waals surface area contributed by atoms with E-state index in [9.17, 15) is 0 Å². The summed E-state index contributed by atoms with van der Waals surface area (Å²) in [4.78, 5) is 9.15. The van der Waals surface area contributed by atoms with E-state index in [4.69, 9.17) is 15.6 Å². The van der Waals surface area contributed by atoms with Crippen molar-refractivity contribution in [2.75, 3.05) is 7.11 Å². The Kier molecular flexibility index (Phi) is 11.4. The lowest BCUT2D eigenvalue weighted by atomic mass is 9.86. The Morgan fingerprint density at radius 1 is 1.35 bits per heavy atom. The van der Waals surface area contributed by atoms with Gasteiger partial charge in [0, 0.05) is 5.54 Å². The fraction of sp³-hybridized carbons (Fsp3) is 0.923. The molecule has 0 aliphatic carbocycles. The van der Waals surface area contributed by atoms with Crippen molar-refractivity contribution in [3.8, 4) is 0 Å². The van der Waals surface area contributed by atoms with Crippen LogP contribution in [0.25, 0.3) is 0 Å². The molecular formula is C13H29NO3. The third-order valence-electron chi connectivity index (χ3n) is 2.94. The van der Waals surface area contributed by atoms with Crippen molar-refractivity contribution in [3.05, 3.63) is 0 Å². The molecule has 0 aromatic heterocycles. The van der Waals surface area contributed by atoms with Crippen LogP contribution in [0.1, 0.15) is 59.8 Å². The molecule has 0 aliphatic heterocycles. The van der Waals surface area contributed by atoms with E-state index in [1.807, 2.05) is 0 Å². The molecule has 3 N–H and O–H groups in total. The Morgan fingerprint density at radius 3 is 2.12 bits per heavy atom. The maximum absolute atomic E-state index is 9.15. The van der Waals surface area contributed by atoms with E-state index in [1.165, 1.54) is 32.1 Å². The van der Waals surface area contributed by atoms with Crippen molar-refractivity contribution in [1.82, 2.24) is 0 Å². The molecule has 0 aliphatic rings. The standard InChI is InChI=1S/C11H25N.C2H4O3/c1-5-6-7-8-9-10(2)11(3,4)12;1-5-2(3)4/h10H,5-9,12H2,1-4H3;1H3,(H,3,4). The number of carboxylic acid groups (broad SMARTS) is 1. The molecule has 0 bridgehead atoms. The zero-order valence-corrected chi connectivity index (χ0v) is 12.0. The fourth-order valence-corrected chi connectivity index (χ4v) is 1.25. The van der Waals surface area contributed by atoms with Crippen LogP contribution in [-0.4, -0.2) is 23.9 Å². The highest BCUT2D eigenvalue weighted by Crippen LogP contribution is 2.19. The smallest absolute Gasteiger partial charge is 0.450 e. The molecule has 0 radical (unpaired) electrons. The number of unbranched alkanes of at least 4 members (excludes halogenated alkanes) is 3. The lowest BCUT2D eigenvalue weighted by Gasteiger charge is -2.27.